The molecule has 0 saturated carbocycles. The summed E-state index contributed by atoms with van der Waals surface area (Å²) < 4.78 is 5.85. The Morgan fingerprint density at radius 1 is 1.17 bits per heavy atom. The van der Waals surface area contributed by atoms with Crippen molar-refractivity contribution in [1.29, 1.82) is 0 Å². The molecule has 1 N–H and O–H groups in total. The third kappa shape index (κ3) is 2.58. The van der Waals surface area contributed by atoms with Crippen molar-refractivity contribution in [2.45, 2.75) is 25.3 Å². The Balaban J connectivity index is 1.81. The number of hydrogen-bond donors (Lipinski definition) is 1. The second-order valence-corrected chi connectivity index (χ2v) is 7.14. The zero-order chi connectivity index (χ0) is 16.7. The van der Waals surface area contributed by atoms with Crippen LogP contribution >= 0.6 is 23.2 Å². The number of allylic oxidation sites excluding steroid dienone is 2. The number of anilines is 1. The van der Waals surface area contributed by atoms with Gasteiger partial charge in [-0.2, -0.15) is 0 Å². The number of rotatable bonds is 3. The SMILES string of the molecule is CCOc1cccc2c1N[C@H](c1ccc(Cl)cc1Cl)[C@@H]1CC=C[C@H]21. The maximum Gasteiger partial charge on any atom is 0.142 e. The van der Waals surface area contributed by atoms with Crippen molar-refractivity contribution in [3.05, 3.63) is 69.7 Å². The van der Waals surface area contributed by atoms with Gasteiger partial charge in [-0.1, -0.05) is 53.6 Å². The molecule has 0 bridgehead atoms. The number of ether oxygens (including phenoxy) is 1. The average Bonchev–Trinajstić information content (AvgIpc) is 3.05. The van der Waals surface area contributed by atoms with Crippen LogP contribution in [0.5, 0.6) is 5.75 Å². The average molecular weight is 360 g/mol. The number of para-hydroxylation sites is 1. The number of nitrogens with one attached hydrogen (secondary N) is 1. The normalized spacial score (nSPS) is 24.2. The van der Waals surface area contributed by atoms with E-state index in [9.17, 15) is 0 Å². The lowest BCUT2D eigenvalue weighted by Crippen LogP contribution is -2.29. The molecule has 24 heavy (non-hydrogen) atoms. The van der Waals surface area contributed by atoms with Crippen molar-refractivity contribution < 1.29 is 4.74 Å². The fourth-order valence-corrected chi connectivity index (χ4v) is 4.46. The predicted molar refractivity (Wildman–Crippen MR) is 100 cm³/mol. The van der Waals surface area contributed by atoms with Gasteiger partial charge < -0.3 is 10.1 Å². The molecule has 0 radical (unpaired) electrons. The largest absolute Gasteiger partial charge is 0.492 e. The topological polar surface area (TPSA) is 21.3 Å². The summed E-state index contributed by atoms with van der Waals surface area (Å²) in [5, 5.41) is 5.08. The zero-order valence-corrected chi connectivity index (χ0v) is 14.9. The zero-order valence-electron chi connectivity index (χ0n) is 13.4. The van der Waals surface area contributed by atoms with E-state index in [-0.39, 0.29) is 6.04 Å². The van der Waals surface area contributed by atoms with Crippen LogP contribution in [0.1, 0.15) is 36.4 Å². The molecule has 3 atom stereocenters. The molecular formula is C20H19Cl2NO. The van der Waals surface area contributed by atoms with Gasteiger partial charge in [-0.15, -0.1) is 0 Å². The Labute approximate surface area is 152 Å². The lowest BCUT2D eigenvalue weighted by molar-refractivity contribution is 0.337. The van der Waals surface area contributed by atoms with E-state index in [0.717, 1.165) is 23.4 Å². The predicted octanol–water partition coefficient (Wildman–Crippen LogP) is 6.22. The maximum absolute atomic E-state index is 6.51. The first-order valence-electron chi connectivity index (χ1n) is 8.33. The van der Waals surface area contributed by atoms with E-state index in [1.54, 1.807) is 0 Å². The summed E-state index contributed by atoms with van der Waals surface area (Å²) in [6, 6.07) is 12.2. The van der Waals surface area contributed by atoms with Gasteiger partial charge in [0.1, 0.15) is 5.75 Å². The molecule has 1 aliphatic carbocycles. The molecule has 0 amide bonds. The highest BCUT2D eigenvalue weighted by atomic mass is 35.5. The van der Waals surface area contributed by atoms with Gasteiger partial charge >= 0.3 is 0 Å². The summed E-state index contributed by atoms with van der Waals surface area (Å²) in [6.07, 6.45) is 5.63. The second kappa shape index (κ2) is 6.34. The molecule has 124 valence electrons. The minimum atomic E-state index is 0.142. The molecule has 0 saturated heterocycles. The molecular weight excluding hydrogens is 341 g/mol. The first kappa shape index (κ1) is 15.9. The third-order valence-electron chi connectivity index (χ3n) is 4.96. The molecule has 2 aliphatic rings. The van der Waals surface area contributed by atoms with Crippen molar-refractivity contribution in [2.75, 3.05) is 11.9 Å². The number of hydrogen-bond acceptors (Lipinski definition) is 2. The minimum Gasteiger partial charge on any atom is -0.492 e. The monoisotopic (exact) mass is 359 g/mol. The fourth-order valence-electron chi connectivity index (χ4n) is 3.93. The van der Waals surface area contributed by atoms with E-state index >= 15 is 0 Å². The lowest BCUT2D eigenvalue weighted by Gasteiger charge is -2.38. The number of fused-ring (bicyclic) bond motifs is 3. The fraction of sp³-hybridized carbons (Fsp3) is 0.300. The van der Waals surface area contributed by atoms with Crippen molar-refractivity contribution in [1.82, 2.24) is 0 Å². The van der Waals surface area contributed by atoms with Crippen LogP contribution in [0.15, 0.2) is 48.6 Å². The molecule has 1 aliphatic heterocycles. The Morgan fingerprint density at radius 2 is 2.04 bits per heavy atom. The maximum atomic E-state index is 6.51. The van der Waals surface area contributed by atoms with Crippen LogP contribution in [0.4, 0.5) is 5.69 Å². The van der Waals surface area contributed by atoms with Crippen molar-refractivity contribution in [3.63, 3.8) is 0 Å². The van der Waals surface area contributed by atoms with Gasteiger partial charge in [-0.05, 0) is 48.6 Å². The molecule has 2 aromatic rings. The van der Waals surface area contributed by atoms with Gasteiger partial charge in [0.2, 0.25) is 0 Å². The first-order chi connectivity index (χ1) is 11.7. The second-order valence-electron chi connectivity index (χ2n) is 6.29. The smallest absolute Gasteiger partial charge is 0.142 e. The highest BCUT2D eigenvalue weighted by Gasteiger charge is 2.39. The molecule has 4 heteroatoms. The van der Waals surface area contributed by atoms with Gasteiger partial charge in [0.15, 0.2) is 0 Å². The summed E-state index contributed by atoms with van der Waals surface area (Å²) in [4.78, 5) is 0. The van der Waals surface area contributed by atoms with E-state index in [4.69, 9.17) is 27.9 Å². The molecule has 1 heterocycles. The van der Waals surface area contributed by atoms with Crippen molar-refractivity contribution in [3.8, 4) is 5.75 Å². The molecule has 0 aromatic heterocycles. The quantitative estimate of drug-likeness (QED) is 0.656. The molecule has 0 unspecified atom stereocenters. The molecule has 0 spiro atoms. The first-order valence-corrected chi connectivity index (χ1v) is 9.08. The lowest BCUT2D eigenvalue weighted by atomic mass is 9.77. The Bertz CT molecular complexity index is 802. The van der Waals surface area contributed by atoms with E-state index in [0.29, 0.717) is 28.5 Å². The van der Waals surface area contributed by atoms with Gasteiger partial charge in [-0.3, -0.25) is 0 Å². The van der Waals surface area contributed by atoms with E-state index in [2.05, 4.69) is 29.6 Å². The van der Waals surface area contributed by atoms with Crippen LogP contribution < -0.4 is 10.1 Å². The summed E-state index contributed by atoms with van der Waals surface area (Å²) in [5.74, 6) is 1.75. The van der Waals surface area contributed by atoms with Crippen LogP contribution in [-0.4, -0.2) is 6.61 Å². The highest BCUT2D eigenvalue weighted by Crippen LogP contribution is 2.53. The van der Waals surface area contributed by atoms with E-state index < -0.39 is 0 Å². The van der Waals surface area contributed by atoms with E-state index in [1.165, 1.54) is 5.56 Å². The Kier molecular flexibility index (Phi) is 4.19. The minimum absolute atomic E-state index is 0.142. The standard InChI is InChI=1S/C20H19Cl2NO/c1-2-24-18-8-4-7-15-13-5-3-6-14(13)19(23-20(15)18)16-10-9-12(21)11-17(16)22/h3-5,7-11,13-14,19,23H,2,6H2,1H3/t13-,14+,19-/m0/s1. The Morgan fingerprint density at radius 3 is 2.83 bits per heavy atom. The van der Waals surface area contributed by atoms with Crippen LogP contribution in [0.2, 0.25) is 10.0 Å². The summed E-state index contributed by atoms with van der Waals surface area (Å²) in [6.45, 7) is 2.66. The van der Waals surface area contributed by atoms with Crippen molar-refractivity contribution >= 4 is 28.9 Å². The molecule has 4 rings (SSSR count). The van der Waals surface area contributed by atoms with Gasteiger partial charge in [-0.25, -0.2) is 0 Å². The van der Waals surface area contributed by atoms with Crippen molar-refractivity contribution in [2.24, 2.45) is 5.92 Å². The third-order valence-corrected chi connectivity index (χ3v) is 5.52. The Hall–Kier alpha value is -1.64. The van der Waals surface area contributed by atoms with Crippen LogP contribution in [0.25, 0.3) is 0 Å². The molecule has 0 fully saturated rings. The van der Waals surface area contributed by atoms with E-state index in [1.807, 2.05) is 31.2 Å². The molecule has 2 nitrogen and oxygen atoms in total. The van der Waals surface area contributed by atoms with Crippen LogP contribution in [-0.2, 0) is 0 Å². The van der Waals surface area contributed by atoms with Gasteiger partial charge in [0.25, 0.3) is 0 Å². The summed E-state index contributed by atoms with van der Waals surface area (Å²) in [7, 11) is 0. The van der Waals surface area contributed by atoms with Gasteiger partial charge in [0, 0.05) is 16.0 Å². The number of halogens is 2. The van der Waals surface area contributed by atoms with Crippen LogP contribution in [0.3, 0.4) is 0 Å². The summed E-state index contributed by atoms with van der Waals surface area (Å²) >= 11 is 12.6. The van der Waals surface area contributed by atoms with Crippen LogP contribution in [0, 0.1) is 5.92 Å². The van der Waals surface area contributed by atoms with Gasteiger partial charge in [0.05, 0.1) is 18.3 Å². The highest BCUT2D eigenvalue weighted by molar-refractivity contribution is 6.35. The molecule has 2 aromatic carbocycles. The number of benzene rings is 2. The summed E-state index contributed by atoms with van der Waals surface area (Å²) in [5.41, 5.74) is 3.49.